The second-order valence-corrected chi connectivity index (χ2v) is 10.5. The first-order valence-corrected chi connectivity index (χ1v) is 11.7. The van der Waals surface area contributed by atoms with Gasteiger partial charge in [-0.2, -0.15) is 12.7 Å². The van der Waals surface area contributed by atoms with Crippen molar-refractivity contribution in [2.24, 2.45) is 0 Å². The van der Waals surface area contributed by atoms with Crippen LogP contribution in [0.1, 0.15) is 17.5 Å². The number of hydrogen-bond donors (Lipinski definition) is 1. The minimum atomic E-state index is -4.02. The van der Waals surface area contributed by atoms with Crippen molar-refractivity contribution in [3.63, 3.8) is 0 Å². The van der Waals surface area contributed by atoms with Crippen molar-refractivity contribution in [2.75, 3.05) is 13.2 Å². The lowest BCUT2D eigenvalue weighted by molar-refractivity contribution is 0.186. The van der Waals surface area contributed by atoms with Gasteiger partial charge in [0, 0.05) is 6.54 Å². The largest absolute Gasteiger partial charge is 0.392 e. The van der Waals surface area contributed by atoms with Crippen LogP contribution in [0.5, 0.6) is 0 Å². The van der Waals surface area contributed by atoms with Gasteiger partial charge in [-0.05, 0) is 44.5 Å². The number of β-amino-alcohol motifs (C(OH)–C–C–N with tert-alkyl or cyclic N) is 1. The Labute approximate surface area is 165 Å². The zero-order valence-electron chi connectivity index (χ0n) is 15.6. The highest BCUT2D eigenvalue weighted by molar-refractivity contribution is 7.89. The third-order valence-electron chi connectivity index (χ3n) is 4.69. The molecule has 1 saturated heterocycles. The maximum atomic E-state index is 12.9. The first kappa shape index (κ1) is 20.9. The summed E-state index contributed by atoms with van der Waals surface area (Å²) in [4.78, 5) is 0.100. The maximum Gasteiger partial charge on any atom is 0.297 e. The molecule has 0 amide bonds. The summed E-state index contributed by atoms with van der Waals surface area (Å²) in [6.45, 7) is 3.22. The normalized spacial score (nSPS) is 21.1. The zero-order valence-corrected chi connectivity index (χ0v) is 17.3. The van der Waals surface area contributed by atoms with Crippen LogP contribution in [0.2, 0.25) is 0 Å². The molecule has 28 heavy (non-hydrogen) atoms. The van der Waals surface area contributed by atoms with Crippen molar-refractivity contribution in [3.8, 4) is 0 Å². The van der Waals surface area contributed by atoms with Crippen molar-refractivity contribution in [1.29, 1.82) is 0 Å². The van der Waals surface area contributed by atoms with Crippen LogP contribution in [0.25, 0.3) is 0 Å². The van der Waals surface area contributed by atoms with E-state index in [1.165, 1.54) is 24.3 Å². The molecule has 1 aliphatic rings. The number of benzene rings is 2. The number of nitrogens with zero attached hydrogens (tertiary/aromatic N) is 1. The van der Waals surface area contributed by atoms with Gasteiger partial charge in [0.25, 0.3) is 10.1 Å². The molecule has 7 nitrogen and oxygen atoms in total. The quantitative estimate of drug-likeness (QED) is 0.709. The second kappa shape index (κ2) is 7.92. The number of hydrogen-bond acceptors (Lipinski definition) is 6. The van der Waals surface area contributed by atoms with E-state index >= 15 is 0 Å². The van der Waals surface area contributed by atoms with Gasteiger partial charge in [-0.1, -0.05) is 35.4 Å². The Hall–Kier alpha value is -1.78. The lowest BCUT2D eigenvalue weighted by Gasteiger charge is -2.23. The molecule has 0 bridgehead atoms. The molecule has 2 aromatic rings. The first-order valence-electron chi connectivity index (χ1n) is 8.82. The molecule has 0 aromatic heterocycles. The molecule has 1 N–H and O–H groups in total. The van der Waals surface area contributed by atoms with Gasteiger partial charge in [0.05, 0.1) is 28.5 Å². The van der Waals surface area contributed by atoms with Gasteiger partial charge in [0.1, 0.15) is 0 Å². The van der Waals surface area contributed by atoms with E-state index in [2.05, 4.69) is 0 Å². The molecular weight excluding hydrogens is 402 g/mol. The molecule has 0 saturated carbocycles. The standard InChI is InChI=1S/C19H23NO6S2/c1-14-3-7-18(8-4-14)27(22,23)20-12-17(21)11-16(20)13-26-28(24,25)19-9-5-15(2)6-10-19/h3-10,16-17,21H,11-13H2,1-2H3/t16-,17+/m1/s1. The van der Waals surface area contributed by atoms with Gasteiger partial charge in [0.15, 0.2) is 0 Å². The zero-order chi connectivity index (χ0) is 20.5. The van der Waals surface area contributed by atoms with Gasteiger partial charge < -0.3 is 5.11 Å². The van der Waals surface area contributed by atoms with Crippen LogP contribution in [-0.4, -0.2) is 51.5 Å². The first-order chi connectivity index (χ1) is 13.1. The van der Waals surface area contributed by atoms with E-state index in [9.17, 15) is 21.9 Å². The molecule has 1 aliphatic heterocycles. The van der Waals surface area contributed by atoms with Crippen LogP contribution in [0, 0.1) is 13.8 Å². The Kier molecular flexibility index (Phi) is 5.92. The predicted molar refractivity (Wildman–Crippen MR) is 104 cm³/mol. The number of aliphatic hydroxyl groups excluding tert-OH is 1. The molecule has 3 rings (SSSR count). The van der Waals surface area contributed by atoms with Crippen LogP contribution in [0.3, 0.4) is 0 Å². The maximum absolute atomic E-state index is 12.9. The third-order valence-corrected chi connectivity index (χ3v) is 7.92. The highest BCUT2D eigenvalue weighted by atomic mass is 32.2. The van der Waals surface area contributed by atoms with Crippen LogP contribution in [0.4, 0.5) is 0 Å². The van der Waals surface area contributed by atoms with Gasteiger partial charge in [-0.15, -0.1) is 0 Å². The Morgan fingerprint density at radius 3 is 1.96 bits per heavy atom. The molecule has 1 fully saturated rings. The topological polar surface area (TPSA) is 101 Å². The molecule has 2 aromatic carbocycles. The van der Waals surface area contributed by atoms with Crippen LogP contribution in [0.15, 0.2) is 58.3 Å². The summed E-state index contributed by atoms with van der Waals surface area (Å²) in [6, 6.07) is 11.8. The van der Waals surface area contributed by atoms with Gasteiger partial charge in [-0.3, -0.25) is 4.18 Å². The Bertz CT molecular complexity index is 1030. The molecule has 0 aliphatic carbocycles. The molecule has 9 heteroatoms. The summed E-state index contributed by atoms with van der Waals surface area (Å²) in [5.74, 6) is 0. The fraction of sp³-hybridized carbons (Fsp3) is 0.368. The Morgan fingerprint density at radius 2 is 1.43 bits per heavy atom. The van der Waals surface area contributed by atoms with E-state index in [0.29, 0.717) is 0 Å². The molecule has 1 heterocycles. The minimum absolute atomic E-state index is 0.00425. The fourth-order valence-corrected chi connectivity index (χ4v) is 5.70. The van der Waals surface area contributed by atoms with E-state index in [0.717, 1.165) is 15.4 Å². The number of aliphatic hydroxyl groups is 1. The summed E-state index contributed by atoms with van der Waals surface area (Å²) in [5.41, 5.74) is 1.83. The summed E-state index contributed by atoms with van der Waals surface area (Å²) >= 11 is 0. The van der Waals surface area contributed by atoms with Crippen molar-refractivity contribution in [3.05, 3.63) is 59.7 Å². The molecule has 2 atom stereocenters. The van der Waals surface area contributed by atoms with E-state index < -0.39 is 32.3 Å². The molecule has 0 unspecified atom stereocenters. The van der Waals surface area contributed by atoms with Crippen molar-refractivity contribution in [2.45, 2.75) is 42.2 Å². The van der Waals surface area contributed by atoms with Crippen LogP contribution in [-0.2, 0) is 24.3 Å². The van der Waals surface area contributed by atoms with Crippen molar-refractivity contribution in [1.82, 2.24) is 4.31 Å². The number of rotatable bonds is 6. The van der Waals surface area contributed by atoms with E-state index in [-0.39, 0.29) is 29.4 Å². The average molecular weight is 426 g/mol. The summed E-state index contributed by atoms with van der Waals surface area (Å²) in [7, 11) is -7.90. The van der Waals surface area contributed by atoms with Gasteiger partial charge in [-0.25, -0.2) is 8.42 Å². The lowest BCUT2D eigenvalue weighted by atomic mass is 10.2. The lowest BCUT2D eigenvalue weighted by Crippen LogP contribution is -2.39. The van der Waals surface area contributed by atoms with E-state index in [1.807, 2.05) is 13.8 Å². The Morgan fingerprint density at radius 1 is 0.929 bits per heavy atom. The summed E-state index contributed by atoms with van der Waals surface area (Å²) in [5, 5.41) is 9.99. The highest BCUT2D eigenvalue weighted by Gasteiger charge is 2.40. The van der Waals surface area contributed by atoms with E-state index in [4.69, 9.17) is 4.18 Å². The summed E-state index contributed by atoms with van der Waals surface area (Å²) < 4.78 is 56.9. The monoisotopic (exact) mass is 425 g/mol. The smallest absolute Gasteiger partial charge is 0.297 e. The summed E-state index contributed by atoms with van der Waals surface area (Å²) in [6.07, 6.45) is -0.773. The molecule has 152 valence electrons. The number of aryl methyl sites for hydroxylation is 2. The predicted octanol–water partition coefficient (Wildman–Crippen LogP) is 1.83. The minimum Gasteiger partial charge on any atom is -0.392 e. The molecular formula is C19H23NO6S2. The van der Waals surface area contributed by atoms with Gasteiger partial charge in [0.2, 0.25) is 10.0 Å². The van der Waals surface area contributed by atoms with Crippen LogP contribution >= 0.6 is 0 Å². The number of sulfonamides is 1. The van der Waals surface area contributed by atoms with E-state index in [1.54, 1.807) is 24.3 Å². The second-order valence-electron chi connectivity index (χ2n) is 6.98. The van der Waals surface area contributed by atoms with Crippen molar-refractivity contribution >= 4 is 20.1 Å². The van der Waals surface area contributed by atoms with Gasteiger partial charge >= 0.3 is 0 Å². The average Bonchev–Trinajstić information content (AvgIpc) is 3.02. The molecule has 0 radical (unpaired) electrons. The van der Waals surface area contributed by atoms with Crippen LogP contribution < -0.4 is 0 Å². The third kappa shape index (κ3) is 4.44. The highest BCUT2D eigenvalue weighted by Crippen LogP contribution is 2.27. The fourth-order valence-electron chi connectivity index (χ4n) is 3.10. The van der Waals surface area contributed by atoms with Crippen molar-refractivity contribution < 1.29 is 26.1 Å². The Balaban J connectivity index is 1.79. The molecule has 0 spiro atoms. The SMILES string of the molecule is Cc1ccc(S(=O)(=O)OC[C@H]2C[C@H](O)CN2S(=O)(=O)c2ccc(C)cc2)cc1.